The molecule has 0 aliphatic carbocycles. The Bertz CT molecular complexity index is 812. The zero-order chi connectivity index (χ0) is 19.4. The summed E-state index contributed by atoms with van der Waals surface area (Å²) in [4.78, 5) is 25.1. The van der Waals surface area contributed by atoms with Crippen molar-refractivity contribution in [1.82, 2.24) is 14.9 Å². The lowest BCUT2D eigenvalue weighted by atomic mass is 10.1. The van der Waals surface area contributed by atoms with Crippen molar-refractivity contribution in [2.75, 3.05) is 46.3 Å². The van der Waals surface area contributed by atoms with Crippen LogP contribution in [0.15, 0.2) is 30.6 Å². The summed E-state index contributed by atoms with van der Waals surface area (Å²) < 4.78 is 16.6. The number of ether oxygens (including phenoxy) is 3. The van der Waals surface area contributed by atoms with Crippen molar-refractivity contribution in [3.63, 3.8) is 0 Å². The molecule has 0 spiro atoms. The number of benzene rings is 1. The van der Waals surface area contributed by atoms with E-state index in [-0.39, 0.29) is 12.0 Å². The fraction of sp³-hybridized carbons (Fsp3) is 0.421. The van der Waals surface area contributed by atoms with Gasteiger partial charge in [-0.3, -0.25) is 4.79 Å². The Morgan fingerprint density at radius 3 is 2.67 bits per heavy atom. The van der Waals surface area contributed by atoms with Crippen LogP contribution in [0, 0.1) is 0 Å². The Kier molecular flexibility index (Phi) is 5.63. The molecule has 1 aromatic carbocycles. The van der Waals surface area contributed by atoms with E-state index in [1.165, 1.54) is 7.11 Å². The molecular formula is C19H24N4O4. The molecule has 1 aliphatic heterocycles. The first kappa shape index (κ1) is 18.8. The molecule has 27 heavy (non-hydrogen) atoms. The quantitative estimate of drug-likeness (QED) is 0.766. The maximum atomic E-state index is 12.9. The smallest absolute Gasteiger partial charge is 0.257 e. The van der Waals surface area contributed by atoms with Gasteiger partial charge >= 0.3 is 0 Å². The SMILES string of the molecule is COc1ccc(C(=O)N2CCC(Oc3nccnc3N(C)C)C2)c(OC)c1. The first-order valence-corrected chi connectivity index (χ1v) is 8.69. The molecule has 1 aliphatic rings. The van der Waals surface area contributed by atoms with Crippen LogP contribution in [-0.2, 0) is 0 Å². The van der Waals surface area contributed by atoms with Gasteiger partial charge in [-0.1, -0.05) is 0 Å². The Labute approximate surface area is 158 Å². The van der Waals surface area contributed by atoms with Crippen LogP contribution < -0.4 is 19.1 Å². The number of amides is 1. The zero-order valence-electron chi connectivity index (χ0n) is 16.0. The highest BCUT2D eigenvalue weighted by Gasteiger charge is 2.30. The van der Waals surface area contributed by atoms with Gasteiger partial charge in [-0.15, -0.1) is 0 Å². The predicted octanol–water partition coefficient (Wildman–Crippen LogP) is 1.85. The second kappa shape index (κ2) is 8.11. The number of carbonyl (C=O) groups is 1. The molecule has 0 saturated carbocycles. The maximum Gasteiger partial charge on any atom is 0.257 e. The van der Waals surface area contributed by atoms with E-state index in [9.17, 15) is 4.79 Å². The van der Waals surface area contributed by atoms with Crippen molar-refractivity contribution in [2.45, 2.75) is 12.5 Å². The fourth-order valence-corrected chi connectivity index (χ4v) is 3.02. The van der Waals surface area contributed by atoms with Crippen molar-refractivity contribution >= 4 is 11.7 Å². The van der Waals surface area contributed by atoms with Gasteiger partial charge < -0.3 is 24.0 Å². The molecule has 1 aromatic heterocycles. The van der Waals surface area contributed by atoms with Gasteiger partial charge in [0.2, 0.25) is 0 Å². The van der Waals surface area contributed by atoms with Crippen molar-refractivity contribution in [1.29, 1.82) is 0 Å². The van der Waals surface area contributed by atoms with Crippen molar-refractivity contribution < 1.29 is 19.0 Å². The summed E-state index contributed by atoms with van der Waals surface area (Å²) in [5, 5.41) is 0. The van der Waals surface area contributed by atoms with Gasteiger partial charge in [-0.05, 0) is 12.1 Å². The van der Waals surface area contributed by atoms with Crippen molar-refractivity contribution in [3.05, 3.63) is 36.2 Å². The average molecular weight is 372 g/mol. The predicted molar refractivity (Wildman–Crippen MR) is 101 cm³/mol. The molecule has 1 atom stereocenters. The lowest BCUT2D eigenvalue weighted by molar-refractivity contribution is 0.0768. The monoisotopic (exact) mass is 372 g/mol. The van der Waals surface area contributed by atoms with Crippen LogP contribution >= 0.6 is 0 Å². The Morgan fingerprint density at radius 2 is 1.96 bits per heavy atom. The molecule has 1 saturated heterocycles. The second-order valence-electron chi connectivity index (χ2n) is 6.43. The topological polar surface area (TPSA) is 77.0 Å². The van der Waals surface area contributed by atoms with E-state index in [1.807, 2.05) is 19.0 Å². The normalized spacial score (nSPS) is 16.1. The summed E-state index contributed by atoms with van der Waals surface area (Å²) >= 11 is 0. The Hall–Kier alpha value is -3.03. The number of aromatic nitrogens is 2. The second-order valence-corrected chi connectivity index (χ2v) is 6.43. The lowest BCUT2D eigenvalue weighted by Gasteiger charge is -2.20. The molecule has 0 radical (unpaired) electrons. The number of likely N-dealkylation sites (tertiary alicyclic amines) is 1. The molecule has 144 valence electrons. The molecule has 1 unspecified atom stereocenters. The van der Waals surface area contributed by atoms with Crippen LogP contribution in [0.3, 0.4) is 0 Å². The van der Waals surface area contributed by atoms with Crippen LogP contribution in [0.25, 0.3) is 0 Å². The van der Waals surface area contributed by atoms with Crippen LogP contribution in [0.2, 0.25) is 0 Å². The zero-order valence-corrected chi connectivity index (χ0v) is 16.0. The van der Waals surface area contributed by atoms with Crippen LogP contribution in [0.1, 0.15) is 16.8 Å². The fourth-order valence-electron chi connectivity index (χ4n) is 3.02. The van der Waals surface area contributed by atoms with E-state index in [2.05, 4.69) is 9.97 Å². The van der Waals surface area contributed by atoms with Crippen molar-refractivity contribution in [2.24, 2.45) is 0 Å². The maximum absolute atomic E-state index is 12.9. The largest absolute Gasteiger partial charge is 0.497 e. The van der Waals surface area contributed by atoms with Gasteiger partial charge in [0.1, 0.15) is 17.6 Å². The van der Waals surface area contributed by atoms with E-state index >= 15 is 0 Å². The Morgan fingerprint density at radius 1 is 1.19 bits per heavy atom. The minimum atomic E-state index is -0.131. The molecular weight excluding hydrogens is 348 g/mol. The lowest BCUT2D eigenvalue weighted by Crippen LogP contribution is -2.31. The number of methoxy groups -OCH3 is 2. The first-order chi connectivity index (χ1) is 13.0. The first-order valence-electron chi connectivity index (χ1n) is 8.69. The molecule has 0 N–H and O–H groups in total. The molecule has 1 amide bonds. The minimum Gasteiger partial charge on any atom is -0.497 e. The third-order valence-corrected chi connectivity index (χ3v) is 4.42. The Balaban J connectivity index is 1.70. The van der Waals surface area contributed by atoms with Crippen LogP contribution in [0.5, 0.6) is 17.4 Å². The third-order valence-electron chi connectivity index (χ3n) is 4.42. The van der Waals surface area contributed by atoms with Crippen LogP contribution in [0.4, 0.5) is 5.82 Å². The van der Waals surface area contributed by atoms with Crippen LogP contribution in [-0.4, -0.2) is 68.3 Å². The summed E-state index contributed by atoms with van der Waals surface area (Å²) in [5.74, 6) is 2.19. The highest BCUT2D eigenvalue weighted by atomic mass is 16.5. The van der Waals surface area contributed by atoms with E-state index in [1.54, 1.807) is 42.6 Å². The van der Waals surface area contributed by atoms with Gasteiger partial charge in [-0.2, -0.15) is 0 Å². The van der Waals surface area contributed by atoms with E-state index < -0.39 is 0 Å². The van der Waals surface area contributed by atoms with E-state index in [0.29, 0.717) is 41.8 Å². The van der Waals surface area contributed by atoms with Gasteiger partial charge in [0, 0.05) is 45.5 Å². The summed E-state index contributed by atoms with van der Waals surface area (Å²) in [6.45, 7) is 1.09. The highest BCUT2D eigenvalue weighted by Crippen LogP contribution is 2.28. The number of carbonyl (C=O) groups excluding carboxylic acids is 1. The van der Waals surface area contributed by atoms with Gasteiger partial charge in [0.05, 0.1) is 26.3 Å². The van der Waals surface area contributed by atoms with Gasteiger partial charge in [-0.25, -0.2) is 9.97 Å². The van der Waals surface area contributed by atoms with E-state index in [0.717, 1.165) is 6.42 Å². The van der Waals surface area contributed by atoms with E-state index in [4.69, 9.17) is 14.2 Å². The number of hydrogen-bond donors (Lipinski definition) is 0. The summed E-state index contributed by atoms with van der Waals surface area (Å²) in [5.41, 5.74) is 0.507. The third kappa shape index (κ3) is 4.05. The number of nitrogens with zero attached hydrogens (tertiary/aromatic N) is 4. The average Bonchev–Trinajstić information content (AvgIpc) is 3.15. The minimum absolute atomic E-state index is 0.0902. The highest BCUT2D eigenvalue weighted by molar-refractivity contribution is 5.97. The van der Waals surface area contributed by atoms with Gasteiger partial charge in [0.25, 0.3) is 11.8 Å². The molecule has 0 bridgehead atoms. The summed E-state index contributed by atoms with van der Waals surface area (Å²) in [6, 6.07) is 5.18. The summed E-state index contributed by atoms with van der Waals surface area (Å²) in [6.07, 6.45) is 3.83. The number of anilines is 1. The number of hydrogen-bond acceptors (Lipinski definition) is 7. The molecule has 8 heteroatoms. The van der Waals surface area contributed by atoms with Gasteiger partial charge in [0.15, 0.2) is 5.82 Å². The molecule has 2 heterocycles. The molecule has 1 fully saturated rings. The molecule has 3 rings (SSSR count). The number of rotatable bonds is 6. The molecule has 8 nitrogen and oxygen atoms in total. The summed E-state index contributed by atoms with van der Waals surface area (Å²) in [7, 11) is 6.89. The molecule has 2 aromatic rings. The van der Waals surface area contributed by atoms with Crippen molar-refractivity contribution in [3.8, 4) is 17.4 Å². The standard InChI is InChI=1S/C19H24N4O4/c1-22(2)17-18(21-9-8-20-17)27-14-7-10-23(12-14)19(24)15-6-5-13(25-3)11-16(15)26-4/h5-6,8-9,11,14H,7,10,12H2,1-4H3.